The molecule has 6 nitrogen and oxygen atoms in total. The van der Waals surface area contributed by atoms with Gasteiger partial charge in [-0.05, 0) is 45.1 Å². The molecule has 2 aliphatic rings. The molecule has 2 fully saturated rings. The van der Waals surface area contributed by atoms with E-state index in [0.717, 1.165) is 56.2 Å². The van der Waals surface area contributed by atoms with Crippen LogP contribution in [0.25, 0.3) is 0 Å². The number of amides is 1. The molecule has 0 radical (unpaired) electrons. The molecule has 0 spiro atoms. The van der Waals surface area contributed by atoms with Crippen LogP contribution < -0.4 is 15.4 Å². The number of hydrogen-bond acceptors (Lipinski definition) is 3. The Balaban J connectivity index is 1.61. The Morgan fingerprint density at radius 1 is 1.21 bits per heavy atom. The monoisotopic (exact) mass is 386 g/mol. The Hall–Kier alpha value is -2.24. The van der Waals surface area contributed by atoms with Crippen molar-refractivity contribution in [3.63, 3.8) is 0 Å². The zero-order valence-corrected chi connectivity index (χ0v) is 17.2. The molecule has 1 aromatic carbocycles. The summed E-state index contributed by atoms with van der Waals surface area (Å²) >= 11 is 0. The summed E-state index contributed by atoms with van der Waals surface area (Å²) in [6, 6.07) is 8.46. The SMILES string of the molecule is CCNC(=NCc1ccccc1OC1CCCC1)NC1CCN(C(=O)CC)C1. The fourth-order valence-corrected chi connectivity index (χ4v) is 3.94. The van der Waals surface area contributed by atoms with Gasteiger partial charge in [0, 0.05) is 37.7 Å². The van der Waals surface area contributed by atoms with Crippen LogP contribution in [0.5, 0.6) is 5.75 Å². The zero-order chi connectivity index (χ0) is 19.8. The molecule has 1 heterocycles. The van der Waals surface area contributed by atoms with Gasteiger partial charge >= 0.3 is 0 Å². The predicted octanol–water partition coefficient (Wildman–Crippen LogP) is 3.07. The summed E-state index contributed by atoms with van der Waals surface area (Å²) in [5, 5.41) is 6.82. The highest BCUT2D eigenvalue weighted by molar-refractivity contribution is 5.80. The van der Waals surface area contributed by atoms with E-state index >= 15 is 0 Å². The van der Waals surface area contributed by atoms with E-state index in [-0.39, 0.29) is 11.9 Å². The average molecular weight is 387 g/mol. The molecule has 0 aromatic heterocycles. The van der Waals surface area contributed by atoms with E-state index in [4.69, 9.17) is 9.73 Å². The molecule has 1 aromatic rings. The highest BCUT2D eigenvalue weighted by atomic mass is 16.5. The summed E-state index contributed by atoms with van der Waals surface area (Å²) in [4.78, 5) is 18.6. The lowest BCUT2D eigenvalue weighted by Crippen LogP contribution is -2.45. The van der Waals surface area contributed by atoms with Crippen LogP contribution in [-0.4, -0.2) is 48.5 Å². The first kappa shape index (κ1) is 20.5. The van der Waals surface area contributed by atoms with Crippen LogP contribution in [0.1, 0.15) is 57.9 Å². The van der Waals surface area contributed by atoms with Crippen LogP contribution in [0.2, 0.25) is 0 Å². The first-order chi connectivity index (χ1) is 13.7. The number of rotatable bonds is 7. The molecule has 1 atom stereocenters. The van der Waals surface area contributed by atoms with Crippen LogP contribution in [0.4, 0.5) is 0 Å². The molecule has 1 aliphatic carbocycles. The molecular weight excluding hydrogens is 352 g/mol. The molecule has 1 amide bonds. The number of hydrogen-bond donors (Lipinski definition) is 2. The van der Waals surface area contributed by atoms with Crippen LogP contribution in [0.3, 0.4) is 0 Å². The number of nitrogens with zero attached hydrogens (tertiary/aromatic N) is 2. The molecule has 1 saturated heterocycles. The molecule has 6 heteroatoms. The van der Waals surface area contributed by atoms with Crippen LogP contribution >= 0.6 is 0 Å². The van der Waals surface area contributed by atoms with Crippen molar-refractivity contribution < 1.29 is 9.53 Å². The second-order valence-electron chi connectivity index (χ2n) is 7.65. The van der Waals surface area contributed by atoms with Crippen molar-refractivity contribution in [2.75, 3.05) is 19.6 Å². The first-order valence-corrected chi connectivity index (χ1v) is 10.8. The summed E-state index contributed by atoms with van der Waals surface area (Å²) in [5.41, 5.74) is 1.11. The van der Waals surface area contributed by atoms with E-state index in [9.17, 15) is 4.79 Å². The van der Waals surface area contributed by atoms with Crippen LogP contribution in [0.15, 0.2) is 29.3 Å². The largest absolute Gasteiger partial charge is 0.490 e. The van der Waals surface area contributed by atoms with Gasteiger partial charge in [0.1, 0.15) is 5.75 Å². The Morgan fingerprint density at radius 2 is 2.00 bits per heavy atom. The van der Waals surface area contributed by atoms with Crippen molar-refractivity contribution >= 4 is 11.9 Å². The molecule has 154 valence electrons. The van der Waals surface area contributed by atoms with Crippen LogP contribution in [0, 0.1) is 0 Å². The fraction of sp³-hybridized carbons (Fsp3) is 0.636. The topological polar surface area (TPSA) is 66.0 Å². The highest BCUT2D eigenvalue weighted by Gasteiger charge is 2.25. The Bertz CT molecular complexity index is 670. The van der Waals surface area contributed by atoms with E-state index in [2.05, 4.69) is 29.7 Å². The van der Waals surface area contributed by atoms with E-state index in [1.807, 2.05) is 24.0 Å². The Labute approximate surface area is 168 Å². The Kier molecular flexibility index (Phi) is 7.57. The van der Waals surface area contributed by atoms with Crippen LogP contribution in [-0.2, 0) is 11.3 Å². The standard InChI is InChI=1S/C22H34N4O2/c1-3-21(27)26-14-13-18(16-26)25-22(23-4-2)24-15-17-9-5-8-12-20(17)28-19-10-6-7-11-19/h5,8-9,12,18-19H,3-4,6-7,10-11,13-16H2,1-2H3,(H2,23,24,25). The maximum absolute atomic E-state index is 11.9. The lowest BCUT2D eigenvalue weighted by Gasteiger charge is -2.19. The number of aliphatic imine (C=N–C) groups is 1. The van der Waals surface area contributed by atoms with Gasteiger partial charge in [-0.1, -0.05) is 25.1 Å². The normalized spacial score (nSPS) is 20.4. The van der Waals surface area contributed by atoms with Gasteiger partial charge in [0.05, 0.1) is 12.6 Å². The lowest BCUT2D eigenvalue weighted by atomic mass is 10.2. The quantitative estimate of drug-likeness (QED) is 0.558. The maximum Gasteiger partial charge on any atom is 0.222 e. The van der Waals surface area contributed by atoms with Crippen molar-refractivity contribution in [1.82, 2.24) is 15.5 Å². The van der Waals surface area contributed by atoms with Crippen molar-refractivity contribution in [1.29, 1.82) is 0 Å². The minimum atomic E-state index is 0.226. The van der Waals surface area contributed by atoms with Gasteiger partial charge in [-0.25, -0.2) is 4.99 Å². The van der Waals surface area contributed by atoms with Gasteiger partial charge in [0.25, 0.3) is 0 Å². The summed E-state index contributed by atoms with van der Waals surface area (Å²) in [7, 11) is 0. The van der Waals surface area contributed by atoms with E-state index in [1.165, 1.54) is 12.8 Å². The second kappa shape index (κ2) is 10.3. The second-order valence-corrected chi connectivity index (χ2v) is 7.65. The van der Waals surface area contributed by atoms with Crippen molar-refractivity contribution in [3.05, 3.63) is 29.8 Å². The molecule has 3 rings (SSSR count). The van der Waals surface area contributed by atoms with E-state index in [0.29, 0.717) is 19.1 Å². The van der Waals surface area contributed by atoms with Gasteiger partial charge in [-0.3, -0.25) is 4.79 Å². The summed E-state index contributed by atoms with van der Waals surface area (Å²) in [5.74, 6) is 1.98. The van der Waals surface area contributed by atoms with Crippen molar-refractivity contribution in [2.24, 2.45) is 4.99 Å². The third-order valence-corrected chi connectivity index (χ3v) is 5.50. The third-order valence-electron chi connectivity index (χ3n) is 5.50. The number of benzene rings is 1. The molecule has 28 heavy (non-hydrogen) atoms. The highest BCUT2D eigenvalue weighted by Crippen LogP contribution is 2.27. The minimum absolute atomic E-state index is 0.226. The number of likely N-dealkylation sites (tertiary alicyclic amines) is 1. The van der Waals surface area contributed by atoms with Gasteiger partial charge in [-0.2, -0.15) is 0 Å². The van der Waals surface area contributed by atoms with Crippen molar-refractivity contribution in [3.8, 4) is 5.75 Å². The summed E-state index contributed by atoms with van der Waals surface area (Å²) in [6.07, 6.45) is 6.69. The average Bonchev–Trinajstić information content (AvgIpc) is 3.39. The number of para-hydroxylation sites is 1. The van der Waals surface area contributed by atoms with Gasteiger partial charge in [0.15, 0.2) is 5.96 Å². The Morgan fingerprint density at radius 3 is 2.75 bits per heavy atom. The predicted molar refractivity (Wildman–Crippen MR) is 113 cm³/mol. The van der Waals surface area contributed by atoms with Gasteiger partial charge < -0.3 is 20.3 Å². The molecular formula is C22H34N4O2. The molecule has 1 unspecified atom stereocenters. The van der Waals surface area contributed by atoms with Gasteiger partial charge in [-0.15, -0.1) is 0 Å². The summed E-state index contributed by atoms with van der Waals surface area (Å²) < 4.78 is 6.23. The minimum Gasteiger partial charge on any atom is -0.490 e. The fourth-order valence-electron chi connectivity index (χ4n) is 3.94. The van der Waals surface area contributed by atoms with Gasteiger partial charge in [0.2, 0.25) is 5.91 Å². The number of nitrogens with one attached hydrogen (secondary N) is 2. The molecule has 0 bridgehead atoms. The lowest BCUT2D eigenvalue weighted by molar-refractivity contribution is -0.129. The smallest absolute Gasteiger partial charge is 0.222 e. The van der Waals surface area contributed by atoms with Crippen molar-refractivity contribution in [2.45, 2.75) is 71.1 Å². The third kappa shape index (κ3) is 5.63. The van der Waals surface area contributed by atoms with E-state index in [1.54, 1.807) is 0 Å². The summed E-state index contributed by atoms with van der Waals surface area (Å²) in [6.45, 7) is 6.93. The zero-order valence-electron chi connectivity index (χ0n) is 17.2. The number of ether oxygens (including phenoxy) is 1. The number of carbonyl (C=O) groups excluding carboxylic acids is 1. The number of carbonyl (C=O) groups is 1. The first-order valence-electron chi connectivity index (χ1n) is 10.8. The molecule has 2 N–H and O–H groups in total. The van der Waals surface area contributed by atoms with E-state index < -0.39 is 0 Å². The molecule has 1 aliphatic heterocycles. The number of guanidine groups is 1. The molecule has 1 saturated carbocycles. The maximum atomic E-state index is 11.9.